The number of aryl methyl sites for hydroxylation is 2. The molecule has 0 spiro atoms. The third-order valence-corrected chi connectivity index (χ3v) is 7.63. The van der Waals surface area contributed by atoms with Crippen molar-refractivity contribution in [3.05, 3.63) is 75.4 Å². The van der Waals surface area contributed by atoms with Crippen LogP contribution in [0.15, 0.2) is 42.5 Å². The van der Waals surface area contributed by atoms with E-state index in [-0.39, 0.29) is 5.91 Å². The second-order valence-corrected chi connectivity index (χ2v) is 10.1. The molecule has 5 rings (SSSR count). The SMILES string of the molecule is Cc1cccc(CN2CCC(CNC(=O)c3ccc4c(Cl)c5c(nc4c3)CCCC5)CC2)c1. The van der Waals surface area contributed by atoms with E-state index in [2.05, 4.69) is 41.4 Å². The average molecular weight is 462 g/mol. The topological polar surface area (TPSA) is 45.2 Å². The van der Waals surface area contributed by atoms with E-state index in [0.717, 1.165) is 79.9 Å². The number of nitrogens with zero attached hydrogens (tertiary/aromatic N) is 2. The van der Waals surface area contributed by atoms with Gasteiger partial charge in [-0.25, -0.2) is 0 Å². The van der Waals surface area contributed by atoms with Crippen molar-refractivity contribution in [1.82, 2.24) is 15.2 Å². The van der Waals surface area contributed by atoms with Crippen LogP contribution in [0.2, 0.25) is 5.02 Å². The highest BCUT2D eigenvalue weighted by Gasteiger charge is 2.21. The Bertz CT molecular complexity index is 1170. The van der Waals surface area contributed by atoms with E-state index in [9.17, 15) is 4.79 Å². The van der Waals surface area contributed by atoms with E-state index >= 15 is 0 Å². The molecule has 1 amide bonds. The lowest BCUT2D eigenvalue weighted by atomic mass is 9.94. The third-order valence-electron chi connectivity index (χ3n) is 7.20. The van der Waals surface area contributed by atoms with Crippen molar-refractivity contribution in [2.75, 3.05) is 19.6 Å². The van der Waals surface area contributed by atoms with Crippen LogP contribution >= 0.6 is 11.6 Å². The molecule has 0 radical (unpaired) electrons. The van der Waals surface area contributed by atoms with E-state index in [4.69, 9.17) is 16.6 Å². The van der Waals surface area contributed by atoms with E-state index in [1.165, 1.54) is 23.1 Å². The molecule has 1 saturated heterocycles. The molecule has 5 heteroatoms. The molecule has 1 aliphatic heterocycles. The molecular weight excluding hydrogens is 430 g/mol. The van der Waals surface area contributed by atoms with Gasteiger partial charge in [0.2, 0.25) is 0 Å². The number of hydrogen-bond donors (Lipinski definition) is 1. The van der Waals surface area contributed by atoms with E-state index in [0.29, 0.717) is 11.5 Å². The zero-order valence-electron chi connectivity index (χ0n) is 19.4. The van der Waals surface area contributed by atoms with Gasteiger partial charge in [0.05, 0.1) is 10.5 Å². The Hall–Kier alpha value is -2.43. The standard InChI is InChI=1S/C28H32ClN3O/c1-19-5-4-6-21(15-19)18-32-13-11-20(12-14-32)17-30-28(33)22-9-10-24-26(16-22)31-25-8-3-2-7-23(25)27(24)29/h4-6,9-10,15-16,20H,2-3,7-8,11-14,17-18H2,1H3,(H,30,33). The summed E-state index contributed by atoms with van der Waals surface area (Å²) in [5, 5.41) is 4.94. The van der Waals surface area contributed by atoms with Gasteiger partial charge >= 0.3 is 0 Å². The van der Waals surface area contributed by atoms with Gasteiger partial charge in [-0.3, -0.25) is 14.7 Å². The second-order valence-electron chi connectivity index (χ2n) is 9.71. The molecule has 1 N–H and O–H groups in total. The minimum atomic E-state index is -0.0188. The molecule has 0 saturated carbocycles. The van der Waals surface area contributed by atoms with Crippen molar-refractivity contribution in [2.24, 2.45) is 5.92 Å². The fraction of sp³-hybridized carbons (Fsp3) is 0.429. The van der Waals surface area contributed by atoms with Crippen LogP contribution in [-0.4, -0.2) is 35.4 Å². The zero-order valence-corrected chi connectivity index (χ0v) is 20.1. The first-order valence-corrected chi connectivity index (χ1v) is 12.6. The summed E-state index contributed by atoms with van der Waals surface area (Å²) in [6, 6.07) is 14.5. The molecule has 1 fully saturated rings. The van der Waals surface area contributed by atoms with Crippen molar-refractivity contribution in [3.63, 3.8) is 0 Å². The van der Waals surface area contributed by atoms with Gasteiger partial charge in [-0.2, -0.15) is 0 Å². The van der Waals surface area contributed by atoms with E-state index in [1.54, 1.807) is 0 Å². The van der Waals surface area contributed by atoms with E-state index in [1.807, 2.05) is 18.2 Å². The lowest BCUT2D eigenvalue weighted by molar-refractivity contribution is 0.0935. The minimum Gasteiger partial charge on any atom is -0.352 e. The van der Waals surface area contributed by atoms with Gasteiger partial charge in [-0.15, -0.1) is 0 Å². The first-order chi connectivity index (χ1) is 16.1. The fourth-order valence-corrected chi connectivity index (χ4v) is 5.63. The Morgan fingerprint density at radius 1 is 1.12 bits per heavy atom. The van der Waals surface area contributed by atoms with Crippen LogP contribution in [0.5, 0.6) is 0 Å². The molecule has 0 atom stereocenters. The number of aromatic nitrogens is 1. The van der Waals surface area contributed by atoms with Gasteiger partial charge in [-0.05, 0) is 87.7 Å². The number of carbonyl (C=O) groups is 1. The number of rotatable bonds is 5. The molecule has 3 aromatic rings. The molecule has 1 aromatic heterocycles. The Morgan fingerprint density at radius 2 is 1.94 bits per heavy atom. The van der Waals surface area contributed by atoms with Gasteiger partial charge in [0, 0.05) is 29.7 Å². The number of amides is 1. The quantitative estimate of drug-likeness (QED) is 0.528. The van der Waals surface area contributed by atoms with Crippen molar-refractivity contribution in [1.29, 1.82) is 0 Å². The van der Waals surface area contributed by atoms with Crippen LogP contribution in [0.25, 0.3) is 10.9 Å². The molecule has 172 valence electrons. The monoisotopic (exact) mass is 461 g/mol. The Labute approximate surface area is 201 Å². The lowest BCUT2D eigenvalue weighted by Gasteiger charge is -2.32. The predicted molar refractivity (Wildman–Crippen MR) is 135 cm³/mol. The maximum Gasteiger partial charge on any atom is 0.251 e. The van der Waals surface area contributed by atoms with Crippen molar-refractivity contribution >= 4 is 28.4 Å². The van der Waals surface area contributed by atoms with Crippen LogP contribution in [-0.2, 0) is 19.4 Å². The Kier molecular flexibility index (Phi) is 6.66. The maximum atomic E-state index is 12.9. The molecule has 2 heterocycles. The molecule has 1 aliphatic carbocycles. The highest BCUT2D eigenvalue weighted by atomic mass is 35.5. The largest absolute Gasteiger partial charge is 0.352 e. The number of carbonyl (C=O) groups excluding carboxylic acids is 1. The summed E-state index contributed by atoms with van der Waals surface area (Å²) in [4.78, 5) is 20.2. The number of hydrogen-bond acceptors (Lipinski definition) is 3. The number of pyridine rings is 1. The summed E-state index contributed by atoms with van der Waals surface area (Å²) in [5.74, 6) is 0.512. The summed E-state index contributed by atoms with van der Waals surface area (Å²) in [5.41, 5.74) is 6.50. The molecule has 4 nitrogen and oxygen atoms in total. The minimum absolute atomic E-state index is 0.0188. The molecule has 33 heavy (non-hydrogen) atoms. The van der Waals surface area contributed by atoms with Crippen molar-refractivity contribution in [2.45, 2.75) is 52.0 Å². The van der Waals surface area contributed by atoms with E-state index < -0.39 is 0 Å². The lowest BCUT2D eigenvalue weighted by Crippen LogP contribution is -2.38. The smallest absolute Gasteiger partial charge is 0.251 e. The summed E-state index contributed by atoms with van der Waals surface area (Å²) in [6.07, 6.45) is 6.55. The third kappa shape index (κ3) is 5.07. The number of fused-ring (bicyclic) bond motifs is 2. The van der Waals surface area contributed by atoms with Crippen LogP contribution < -0.4 is 5.32 Å². The van der Waals surface area contributed by atoms with Crippen molar-refractivity contribution in [3.8, 4) is 0 Å². The molecule has 2 aliphatic rings. The number of halogens is 1. The predicted octanol–water partition coefficient (Wildman–Crippen LogP) is 5.72. The Balaban J connectivity index is 1.17. The number of benzene rings is 2. The molecule has 2 aromatic carbocycles. The molecule has 0 unspecified atom stereocenters. The van der Waals surface area contributed by atoms with Gasteiger partial charge < -0.3 is 5.32 Å². The molecule has 0 bridgehead atoms. The number of piperidine rings is 1. The summed E-state index contributed by atoms with van der Waals surface area (Å²) >= 11 is 6.68. The van der Waals surface area contributed by atoms with Gasteiger partial charge in [0.25, 0.3) is 5.91 Å². The summed E-state index contributed by atoms with van der Waals surface area (Å²) < 4.78 is 0. The second kappa shape index (κ2) is 9.82. The highest BCUT2D eigenvalue weighted by molar-refractivity contribution is 6.36. The number of likely N-dealkylation sites (tertiary alicyclic amines) is 1. The van der Waals surface area contributed by atoms with Crippen LogP contribution in [0.3, 0.4) is 0 Å². The van der Waals surface area contributed by atoms with Crippen molar-refractivity contribution < 1.29 is 4.79 Å². The Morgan fingerprint density at radius 3 is 2.76 bits per heavy atom. The average Bonchev–Trinajstić information content (AvgIpc) is 2.83. The normalized spacial score (nSPS) is 17.2. The summed E-state index contributed by atoms with van der Waals surface area (Å²) in [7, 11) is 0. The number of nitrogens with one attached hydrogen (secondary N) is 1. The molecular formula is C28H32ClN3O. The zero-order chi connectivity index (χ0) is 22.8. The van der Waals surface area contributed by atoms with Crippen LogP contribution in [0, 0.1) is 12.8 Å². The van der Waals surface area contributed by atoms with Gasteiger partial charge in [-0.1, -0.05) is 47.5 Å². The maximum absolute atomic E-state index is 12.9. The van der Waals surface area contributed by atoms with Crippen LogP contribution in [0.4, 0.5) is 0 Å². The fourth-order valence-electron chi connectivity index (χ4n) is 5.26. The van der Waals surface area contributed by atoms with Crippen LogP contribution in [0.1, 0.15) is 58.4 Å². The first-order valence-electron chi connectivity index (χ1n) is 12.2. The highest BCUT2D eigenvalue weighted by Crippen LogP contribution is 2.33. The van der Waals surface area contributed by atoms with Gasteiger partial charge in [0.1, 0.15) is 0 Å². The first kappa shape index (κ1) is 22.4. The van der Waals surface area contributed by atoms with Gasteiger partial charge in [0.15, 0.2) is 0 Å². The summed E-state index contributed by atoms with van der Waals surface area (Å²) in [6.45, 7) is 6.05.